The summed E-state index contributed by atoms with van der Waals surface area (Å²) in [5, 5.41) is 2.20. The van der Waals surface area contributed by atoms with Gasteiger partial charge in [-0.1, -0.05) is 41.0 Å². The molecule has 0 fully saturated rings. The van der Waals surface area contributed by atoms with Gasteiger partial charge in [-0.15, -0.1) is 0 Å². The molecule has 0 radical (unpaired) electrons. The lowest BCUT2D eigenvalue weighted by molar-refractivity contribution is -0.231. The van der Waals surface area contributed by atoms with Crippen molar-refractivity contribution in [2.75, 3.05) is 13.2 Å². The number of hydrogen-bond donors (Lipinski definition) is 0. The van der Waals surface area contributed by atoms with Gasteiger partial charge in [-0.3, -0.25) is 4.84 Å². The molecule has 0 aliphatic heterocycles. The van der Waals surface area contributed by atoms with Crippen molar-refractivity contribution in [3.05, 3.63) is 0 Å². The third kappa shape index (κ3) is 4.06. The Bertz CT molecular complexity index is 182. The summed E-state index contributed by atoms with van der Waals surface area (Å²) < 4.78 is 0. The Morgan fingerprint density at radius 2 is 1.69 bits per heavy atom. The first-order valence-corrected chi connectivity index (χ1v) is 6.82. The van der Waals surface area contributed by atoms with Crippen molar-refractivity contribution in [3.8, 4) is 0 Å². The molecule has 16 heavy (non-hydrogen) atoms. The summed E-state index contributed by atoms with van der Waals surface area (Å²) in [5.74, 6) is 1.36. The molecule has 0 aliphatic rings. The zero-order chi connectivity index (χ0) is 12.8. The van der Waals surface area contributed by atoms with Gasteiger partial charge in [0.2, 0.25) is 0 Å². The second-order valence-corrected chi connectivity index (χ2v) is 5.38. The highest BCUT2D eigenvalue weighted by atomic mass is 16.7. The van der Waals surface area contributed by atoms with Crippen LogP contribution in [0.5, 0.6) is 0 Å². The summed E-state index contributed by atoms with van der Waals surface area (Å²) in [5.41, 5.74) is 0.160. The number of rotatable bonds is 8. The average Bonchev–Trinajstić information content (AvgIpc) is 2.23. The van der Waals surface area contributed by atoms with Crippen molar-refractivity contribution in [1.82, 2.24) is 5.06 Å². The number of nitrogens with zero attached hydrogens (tertiary/aromatic N) is 1. The minimum atomic E-state index is 0.160. The van der Waals surface area contributed by atoms with Gasteiger partial charge in [0.1, 0.15) is 0 Å². The molecule has 0 saturated carbocycles. The van der Waals surface area contributed by atoms with E-state index in [-0.39, 0.29) is 5.54 Å². The summed E-state index contributed by atoms with van der Waals surface area (Å²) >= 11 is 0. The Labute approximate surface area is 102 Å². The number of hydroxylamine groups is 2. The van der Waals surface area contributed by atoms with Gasteiger partial charge in [-0.25, -0.2) is 0 Å². The fourth-order valence-electron chi connectivity index (χ4n) is 2.57. The predicted molar refractivity (Wildman–Crippen MR) is 71.3 cm³/mol. The maximum atomic E-state index is 5.81. The van der Waals surface area contributed by atoms with Crippen LogP contribution in [-0.2, 0) is 4.84 Å². The van der Waals surface area contributed by atoms with Crippen LogP contribution in [0.1, 0.15) is 61.3 Å². The standard InChI is InChI=1S/C14H31NO/c1-8-13(6)14(7,11-12(4)5)15(9-2)16-10-3/h12-13H,8-11H2,1-7H3. The lowest BCUT2D eigenvalue weighted by atomic mass is 9.78. The van der Waals surface area contributed by atoms with Crippen LogP contribution in [-0.4, -0.2) is 23.8 Å². The van der Waals surface area contributed by atoms with Crippen LogP contribution >= 0.6 is 0 Å². The smallest absolute Gasteiger partial charge is 0.0657 e. The zero-order valence-electron chi connectivity index (χ0n) is 12.3. The van der Waals surface area contributed by atoms with Crippen LogP contribution in [0, 0.1) is 11.8 Å². The minimum Gasteiger partial charge on any atom is -0.299 e. The predicted octanol–water partition coefficient (Wildman–Crippen LogP) is 4.11. The van der Waals surface area contributed by atoms with E-state index in [1.807, 2.05) is 0 Å². The van der Waals surface area contributed by atoms with Gasteiger partial charge >= 0.3 is 0 Å². The highest BCUT2D eigenvalue weighted by Crippen LogP contribution is 2.33. The quantitative estimate of drug-likeness (QED) is 0.581. The van der Waals surface area contributed by atoms with E-state index in [2.05, 4.69) is 53.5 Å². The summed E-state index contributed by atoms with van der Waals surface area (Å²) in [7, 11) is 0. The largest absolute Gasteiger partial charge is 0.299 e. The van der Waals surface area contributed by atoms with E-state index in [4.69, 9.17) is 4.84 Å². The monoisotopic (exact) mass is 229 g/mol. The molecule has 2 heteroatoms. The SMILES string of the molecule is CCON(CC)C(C)(CC(C)C)C(C)CC. The topological polar surface area (TPSA) is 12.5 Å². The van der Waals surface area contributed by atoms with Crippen LogP contribution < -0.4 is 0 Å². The molecule has 0 spiro atoms. The lowest BCUT2D eigenvalue weighted by Gasteiger charge is -2.45. The molecule has 0 aromatic rings. The van der Waals surface area contributed by atoms with E-state index in [1.165, 1.54) is 12.8 Å². The van der Waals surface area contributed by atoms with Crippen molar-refractivity contribution >= 4 is 0 Å². The van der Waals surface area contributed by atoms with Crippen LogP contribution in [0.25, 0.3) is 0 Å². The Morgan fingerprint density at radius 3 is 2.00 bits per heavy atom. The first kappa shape index (κ1) is 15.9. The van der Waals surface area contributed by atoms with Gasteiger partial charge in [0.15, 0.2) is 0 Å². The van der Waals surface area contributed by atoms with Crippen LogP contribution in [0.3, 0.4) is 0 Å². The summed E-state index contributed by atoms with van der Waals surface area (Å²) in [6.45, 7) is 17.5. The molecule has 0 heterocycles. The third-order valence-electron chi connectivity index (χ3n) is 3.64. The Hall–Kier alpha value is -0.0800. The maximum absolute atomic E-state index is 5.81. The van der Waals surface area contributed by atoms with E-state index in [0.29, 0.717) is 11.8 Å². The van der Waals surface area contributed by atoms with Gasteiger partial charge < -0.3 is 0 Å². The van der Waals surface area contributed by atoms with Gasteiger partial charge in [-0.2, -0.15) is 5.06 Å². The average molecular weight is 229 g/mol. The third-order valence-corrected chi connectivity index (χ3v) is 3.64. The first-order valence-electron chi connectivity index (χ1n) is 6.82. The Balaban J connectivity index is 4.86. The normalized spacial score (nSPS) is 17.8. The molecule has 2 nitrogen and oxygen atoms in total. The summed E-state index contributed by atoms with van der Waals surface area (Å²) in [6.07, 6.45) is 2.39. The molecule has 98 valence electrons. The van der Waals surface area contributed by atoms with Crippen molar-refractivity contribution in [2.24, 2.45) is 11.8 Å². The second kappa shape index (κ2) is 7.29. The van der Waals surface area contributed by atoms with Crippen molar-refractivity contribution in [3.63, 3.8) is 0 Å². The molecule has 0 saturated heterocycles. The maximum Gasteiger partial charge on any atom is 0.0657 e. The van der Waals surface area contributed by atoms with E-state index < -0.39 is 0 Å². The van der Waals surface area contributed by atoms with Gasteiger partial charge in [-0.05, 0) is 32.1 Å². The van der Waals surface area contributed by atoms with Crippen LogP contribution in [0.4, 0.5) is 0 Å². The van der Waals surface area contributed by atoms with E-state index in [1.54, 1.807) is 0 Å². The number of hydrogen-bond acceptors (Lipinski definition) is 2. The molecule has 0 aliphatic carbocycles. The molecular formula is C14H31NO. The fourth-order valence-corrected chi connectivity index (χ4v) is 2.57. The van der Waals surface area contributed by atoms with Crippen molar-refractivity contribution in [2.45, 2.75) is 66.8 Å². The fraction of sp³-hybridized carbons (Fsp3) is 1.00. The molecule has 2 unspecified atom stereocenters. The first-order chi connectivity index (χ1) is 7.42. The van der Waals surface area contributed by atoms with E-state index in [0.717, 1.165) is 13.2 Å². The molecular weight excluding hydrogens is 198 g/mol. The summed E-state index contributed by atoms with van der Waals surface area (Å²) in [6, 6.07) is 0. The van der Waals surface area contributed by atoms with Crippen molar-refractivity contribution in [1.29, 1.82) is 0 Å². The van der Waals surface area contributed by atoms with Gasteiger partial charge in [0.05, 0.1) is 6.61 Å². The Morgan fingerprint density at radius 1 is 1.12 bits per heavy atom. The van der Waals surface area contributed by atoms with Gasteiger partial charge in [0, 0.05) is 12.1 Å². The Kier molecular flexibility index (Phi) is 7.25. The highest BCUT2D eigenvalue weighted by molar-refractivity contribution is 4.88. The molecule has 0 N–H and O–H groups in total. The molecule has 0 rings (SSSR count). The zero-order valence-corrected chi connectivity index (χ0v) is 12.3. The van der Waals surface area contributed by atoms with Crippen molar-refractivity contribution < 1.29 is 4.84 Å². The van der Waals surface area contributed by atoms with E-state index in [9.17, 15) is 0 Å². The van der Waals surface area contributed by atoms with E-state index >= 15 is 0 Å². The molecule has 0 aromatic heterocycles. The second-order valence-electron chi connectivity index (χ2n) is 5.38. The highest BCUT2D eigenvalue weighted by Gasteiger charge is 2.37. The van der Waals surface area contributed by atoms with Gasteiger partial charge in [0.25, 0.3) is 0 Å². The molecule has 0 bridgehead atoms. The molecule has 0 aromatic carbocycles. The van der Waals surface area contributed by atoms with Crippen LogP contribution in [0.15, 0.2) is 0 Å². The summed E-state index contributed by atoms with van der Waals surface area (Å²) in [4.78, 5) is 5.81. The molecule has 2 atom stereocenters. The lowest BCUT2D eigenvalue weighted by Crippen LogP contribution is -2.51. The molecule has 0 amide bonds. The minimum absolute atomic E-state index is 0.160. The van der Waals surface area contributed by atoms with Crippen LogP contribution in [0.2, 0.25) is 0 Å².